The van der Waals surface area contributed by atoms with Crippen LogP contribution in [-0.4, -0.2) is 33.0 Å². The fraction of sp³-hybridized carbons (Fsp3) is 0.176. The van der Waals surface area contributed by atoms with Crippen LogP contribution in [0.15, 0.2) is 39.3 Å². The van der Waals surface area contributed by atoms with Gasteiger partial charge in [-0.2, -0.15) is 5.10 Å². The van der Waals surface area contributed by atoms with Gasteiger partial charge >= 0.3 is 6.01 Å². The second kappa shape index (κ2) is 6.03. The minimum absolute atomic E-state index is 0.0296. The number of nitrogens with one attached hydrogen (secondary N) is 1. The van der Waals surface area contributed by atoms with Crippen molar-refractivity contribution < 1.29 is 18.4 Å². The Morgan fingerprint density at radius 2 is 2.12 bits per heavy atom. The number of nitrogens with zero attached hydrogens (tertiary/aromatic N) is 4. The smallest absolute Gasteiger partial charge is 0.322 e. The predicted octanol–water partition coefficient (Wildman–Crippen LogP) is 2.79. The van der Waals surface area contributed by atoms with E-state index in [1.807, 2.05) is 12.1 Å². The van der Waals surface area contributed by atoms with E-state index < -0.39 is 0 Å². The third-order valence-electron chi connectivity index (χ3n) is 3.92. The highest BCUT2D eigenvalue weighted by atomic mass is 16.5. The number of para-hydroxylation sites is 1. The Morgan fingerprint density at radius 3 is 2.85 bits per heavy atom. The number of methoxy groups -OCH3 is 1. The minimum Gasteiger partial charge on any atom is -0.493 e. The summed E-state index contributed by atoms with van der Waals surface area (Å²) in [4.78, 5) is 12.3. The van der Waals surface area contributed by atoms with E-state index in [0.29, 0.717) is 22.8 Å². The molecule has 0 saturated heterocycles. The second-order valence-electron chi connectivity index (χ2n) is 5.66. The number of rotatable bonds is 4. The summed E-state index contributed by atoms with van der Waals surface area (Å²) in [5, 5.41) is 15.2. The van der Waals surface area contributed by atoms with E-state index >= 15 is 0 Å². The lowest BCUT2D eigenvalue weighted by Crippen LogP contribution is -2.17. The standard InChI is InChI=1S/C17H15N5O4/c1-9-8-18-22(2)13(9)15(23)19-17-21-20-16(26-17)12-7-10-5-4-6-11(24-3)14(10)25-12/h4-8H,1-3H3,(H,19,21,23). The number of anilines is 1. The molecule has 1 amide bonds. The normalized spacial score (nSPS) is 11.0. The maximum absolute atomic E-state index is 12.3. The summed E-state index contributed by atoms with van der Waals surface area (Å²) in [6, 6.07) is 7.27. The molecule has 0 atom stereocenters. The zero-order valence-corrected chi connectivity index (χ0v) is 14.3. The number of benzene rings is 1. The molecule has 4 rings (SSSR count). The first kappa shape index (κ1) is 15.9. The molecule has 9 heteroatoms. The Morgan fingerprint density at radius 1 is 1.27 bits per heavy atom. The Bertz CT molecular complexity index is 1090. The third-order valence-corrected chi connectivity index (χ3v) is 3.92. The molecule has 0 aliphatic rings. The number of amides is 1. The number of furan rings is 1. The molecular weight excluding hydrogens is 338 g/mol. The zero-order chi connectivity index (χ0) is 18.3. The van der Waals surface area contributed by atoms with Gasteiger partial charge in [0.25, 0.3) is 11.8 Å². The van der Waals surface area contributed by atoms with Crippen LogP contribution in [-0.2, 0) is 7.05 Å². The third kappa shape index (κ3) is 2.59. The van der Waals surface area contributed by atoms with E-state index in [-0.39, 0.29) is 17.8 Å². The summed E-state index contributed by atoms with van der Waals surface area (Å²) in [6.45, 7) is 1.79. The molecule has 0 saturated carbocycles. The van der Waals surface area contributed by atoms with E-state index in [4.69, 9.17) is 13.6 Å². The molecule has 0 aliphatic heterocycles. The maximum atomic E-state index is 12.3. The van der Waals surface area contributed by atoms with Crippen LogP contribution >= 0.6 is 0 Å². The SMILES string of the molecule is COc1cccc2cc(-c3nnc(NC(=O)c4c(C)cnn4C)o3)oc12. The maximum Gasteiger partial charge on any atom is 0.322 e. The molecule has 9 nitrogen and oxygen atoms in total. The van der Waals surface area contributed by atoms with Crippen LogP contribution in [0.3, 0.4) is 0 Å². The quantitative estimate of drug-likeness (QED) is 0.601. The van der Waals surface area contributed by atoms with Crippen molar-refractivity contribution in [1.29, 1.82) is 0 Å². The summed E-state index contributed by atoms with van der Waals surface area (Å²) in [7, 11) is 3.25. The van der Waals surface area contributed by atoms with Gasteiger partial charge in [-0.3, -0.25) is 14.8 Å². The first-order valence-corrected chi connectivity index (χ1v) is 7.77. The van der Waals surface area contributed by atoms with Gasteiger partial charge in [0.05, 0.1) is 13.3 Å². The van der Waals surface area contributed by atoms with Crippen molar-refractivity contribution in [1.82, 2.24) is 20.0 Å². The average Bonchev–Trinajstić information content (AvgIpc) is 3.32. The summed E-state index contributed by atoms with van der Waals surface area (Å²) >= 11 is 0. The van der Waals surface area contributed by atoms with Gasteiger partial charge in [-0.25, -0.2) is 0 Å². The number of hydrogen-bond acceptors (Lipinski definition) is 7. The van der Waals surface area contributed by atoms with Crippen LogP contribution in [0.1, 0.15) is 16.1 Å². The highest BCUT2D eigenvalue weighted by molar-refractivity contribution is 6.02. The lowest BCUT2D eigenvalue weighted by Gasteiger charge is -2.02. The van der Waals surface area contributed by atoms with Gasteiger partial charge in [-0.1, -0.05) is 17.2 Å². The fourth-order valence-corrected chi connectivity index (χ4v) is 2.71. The van der Waals surface area contributed by atoms with Crippen molar-refractivity contribution in [3.05, 3.63) is 41.7 Å². The van der Waals surface area contributed by atoms with E-state index in [2.05, 4.69) is 20.6 Å². The molecule has 0 spiro atoms. The topological polar surface area (TPSA) is 108 Å². The largest absolute Gasteiger partial charge is 0.493 e. The van der Waals surface area contributed by atoms with Crippen molar-refractivity contribution in [3.8, 4) is 17.4 Å². The molecule has 26 heavy (non-hydrogen) atoms. The number of aromatic nitrogens is 4. The fourth-order valence-electron chi connectivity index (χ4n) is 2.71. The number of fused-ring (bicyclic) bond motifs is 1. The van der Waals surface area contributed by atoms with Crippen LogP contribution in [0.4, 0.5) is 6.01 Å². The Hall–Kier alpha value is -3.62. The van der Waals surface area contributed by atoms with E-state index in [1.165, 1.54) is 4.68 Å². The molecule has 1 aromatic carbocycles. The molecule has 132 valence electrons. The second-order valence-corrected chi connectivity index (χ2v) is 5.66. The molecule has 1 N–H and O–H groups in total. The zero-order valence-electron chi connectivity index (χ0n) is 14.3. The van der Waals surface area contributed by atoms with Crippen LogP contribution in [0.5, 0.6) is 5.75 Å². The molecule has 0 radical (unpaired) electrons. The number of ether oxygens (including phenoxy) is 1. The molecule has 0 unspecified atom stereocenters. The molecule has 0 aliphatic carbocycles. The van der Waals surface area contributed by atoms with Gasteiger partial charge in [0.15, 0.2) is 17.1 Å². The number of carbonyl (C=O) groups excluding carboxylic acids is 1. The Balaban J connectivity index is 1.61. The highest BCUT2D eigenvalue weighted by Crippen LogP contribution is 2.33. The van der Waals surface area contributed by atoms with Crippen molar-refractivity contribution in [2.75, 3.05) is 12.4 Å². The lowest BCUT2D eigenvalue weighted by atomic mass is 10.2. The predicted molar refractivity (Wildman–Crippen MR) is 92.0 cm³/mol. The first-order valence-electron chi connectivity index (χ1n) is 7.77. The lowest BCUT2D eigenvalue weighted by molar-refractivity contribution is 0.101. The van der Waals surface area contributed by atoms with E-state index in [0.717, 1.165) is 10.9 Å². The van der Waals surface area contributed by atoms with Crippen LogP contribution in [0.25, 0.3) is 22.6 Å². The van der Waals surface area contributed by atoms with Crippen LogP contribution < -0.4 is 10.1 Å². The summed E-state index contributed by atoms with van der Waals surface area (Å²) < 4.78 is 18.0. The van der Waals surface area contributed by atoms with Crippen molar-refractivity contribution in [2.45, 2.75) is 6.92 Å². The highest BCUT2D eigenvalue weighted by Gasteiger charge is 2.19. The van der Waals surface area contributed by atoms with Crippen LogP contribution in [0.2, 0.25) is 0 Å². The molecule has 3 heterocycles. The summed E-state index contributed by atoms with van der Waals surface area (Å²) in [5.74, 6) is 0.756. The monoisotopic (exact) mass is 353 g/mol. The van der Waals surface area contributed by atoms with E-state index in [9.17, 15) is 4.79 Å². The van der Waals surface area contributed by atoms with Crippen molar-refractivity contribution >= 4 is 22.9 Å². The Labute approximate surface area is 147 Å². The molecular formula is C17H15N5O4. The van der Waals surface area contributed by atoms with Gasteiger partial charge < -0.3 is 13.6 Å². The molecule has 3 aromatic heterocycles. The molecule has 0 bridgehead atoms. The van der Waals surface area contributed by atoms with Gasteiger partial charge in [0, 0.05) is 12.4 Å². The van der Waals surface area contributed by atoms with Crippen LogP contribution in [0, 0.1) is 6.92 Å². The summed E-state index contributed by atoms with van der Waals surface area (Å²) in [5.41, 5.74) is 1.74. The number of aryl methyl sites for hydroxylation is 2. The Kier molecular flexibility index (Phi) is 3.68. The summed E-state index contributed by atoms with van der Waals surface area (Å²) in [6.07, 6.45) is 1.61. The van der Waals surface area contributed by atoms with Gasteiger partial charge in [0.1, 0.15) is 5.69 Å². The molecule has 0 fully saturated rings. The average molecular weight is 353 g/mol. The molecule has 4 aromatic rings. The number of hydrogen-bond donors (Lipinski definition) is 1. The first-order chi connectivity index (χ1) is 12.6. The van der Waals surface area contributed by atoms with Crippen molar-refractivity contribution in [3.63, 3.8) is 0 Å². The number of carbonyl (C=O) groups is 1. The van der Waals surface area contributed by atoms with Gasteiger partial charge in [-0.05, 0) is 24.6 Å². The van der Waals surface area contributed by atoms with Gasteiger partial charge in [0.2, 0.25) is 0 Å². The van der Waals surface area contributed by atoms with Gasteiger partial charge in [-0.15, -0.1) is 5.10 Å². The van der Waals surface area contributed by atoms with Crippen molar-refractivity contribution in [2.24, 2.45) is 7.05 Å². The minimum atomic E-state index is -0.385. The van der Waals surface area contributed by atoms with E-state index in [1.54, 1.807) is 39.4 Å².